The van der Waals surface area contributed by atoms with Crippen molar-refractivity contribution in [1.82, 2.24) is 19.8 Å². The van der Waals surface area contributed by atoms with Crippen molar-refractivity contribution in [2.45, 2.75) is 6.92 Å². The lowest BCUT2D eigenvalue weighted by Crippen LogP contribution is -1.88. The standard InChI is InChI=1S/C14H9N5O3S/c1-8-15-16-14-18(8)17-13(23-14)12-6-5-11(22-12)9-3-2-4-10(7-9)19(20)21/h2-7H,1H3. The number of nitro benzene ring substituents is 1. The van der Waals surface area contributed by atoms with E-state index in [4.69, 9.17) is 4.42 Å². The molecule has 1 aromatic carbocycles. The van der Waals surface area contributed by atoms with E-state index in [2.05, 4.69) is 15.3 Å². The maximum Gasteiger partial charge on any atom is 0.270 e. The van der Waals surface area contributed by atoms with Crippen molar-refractivity contribution in [1.29, 1.82) is 0 Å². The molecule has 114 valence electrons. The van der Waals surface area contributed by atoms with Gasteiger partial charge < -0.3 is 4.42 Å². The number of nitro groups is 1. The monoisotopic (exact) mass is 327 g/mol. The molecule has 0 aliphatic rings. The molecule has 8 nitrogen and oxygen atoms in total. The molecule has 0 radical (unpaired) electrons. The van der Waals surface area contributed by atoms with Crippen molar-refractivity contribution >= 4 is 22.0 Å². The summed E-state index contributed by atoms with van der Waals surface area (Å²) in [5.74, 6) is 1.83. The van der Waals surface area contributed by atoms with E-state index in [0.717, 1.165) is 0 Å². The van der Waals surface area contributed by atoms with E-state index in [1.54, 1.807) is 28.8 Å². The summed E-state index contributed by atoms with van der Waals surface area (Å²) in [5.41, 5.74) is 0.666. The molecule has 0 fully saturated rings. The highest BCUT2D eigenvalue weighted by Gasteiger charge is 2.15. The molecule has 9 heteroatoms. The Hall–Kier alpha value is -3.07. The van der Waals surface area contributed by atoms with Crippen LogP contribution in [0.3, 0.4) is 0 Å². The Morgan fingerprint density at radius 3 is 2.83 bits per heavy atom. The quantitative estimate of drug-likeness (QED) is 0.423. The molecule has 0 saturated carbocycles. The lowest BCUT2D eigenvalue weighted by molar-refractivity contribution is -0.384. The van der Waals surface area contributed by atoms with E-state index in [0.29, 0.717) is 32.9 Å². The van der Waals surface area contributed by atoms with Crippen LogP contribution in [0.15, 0.2) is 40.8 Å². The van der Waals surface area contributed by atoms with Gasteiger partial charge in [-0.2, -0.15) is 4.52 Å². The zero-order chi connectivity index (χ0) is 16.0. The molecule has 4 rings (SSSR count). The van der Waals surface area contributed by atoms with Crippen molar-refractivity contribution < 1.29 is 9.34 Å². The number of nitrogens with zero attached hydrogens (tertiary/aromatic N) is 5. The number of furan rings is 1. The molecule has 0 unspecified atom stereocenters. The van der Waals surface area contributed by atoms with Crippen LogP contribution >= 0.6 is 11.3 Å². The molecule has 3 aromatic heterocycles. The summed E-state index contributed by atoms with van der Waals surface area (Å²) in [6.45, 7) is 1.82. The number of fused-ring (bicyclic) bond motifs is 1. The third-order valence-electron chi connectivity index (χ3n) is 3.31. The van der Waals surface area contributed by atoms with Crippen LogP contribution < -0.4 is 0 Å². The molecule has 0 amide bonds. The second-order valence-electron chi connectivity index (χ2n) is 4.82. The smallest absolute Gasteiger partial charge is 0.270 e. The highest BCUT2D eigenvalue weighted by atomic mass is 32.1. The van der Waals surface area contributed by atoms with Gasteiger partial charge >= 0.3 is 0 Å². The van der Waals surface area contributed by atoms with Crippen LogP contribution in [-0.2, 0) is 0 Å². The molecule has 0 spiro atoms. The molecule has 0 saturated heterocycles. The Morgan fingerprint density at radius 1 is 1.22 bits per heavy atom. The van der Waals surface area contributed by atoms with Gasteiger partial charge in [-0.25, -0.2) is 0 Å². The van der Waals surface area contributed by atoms with E-state index in [-0.39, 0.29) is 5.69 Å². The Morgan fingerprint density at radius 2 is 2.04 bits per heavy atom. The fraction of sp³-hybridized carbons (Fsp3) is 0.0714. The molecule has 23 heavy (non-hydrogen) atoms. The number of rotatable bonds is 3. The average Bonchev–Trinajstić information content (AvgIpc) is 3.24. The van der Waals surface area contributed by atoms with Crippen LogP contribution in [0.1, 0.15) is 5.82 Å². The van der Waals surface area contributed by atoms with Crippen molar-refractivity contribution in [2.75, 3.05) is 0 Å². The summed E-state index contributed by atoms with van der Waals surface area (Å²) < 4.78 is 7.44. The predicted octanol–water partition coefficient (Wildman–Crippen LogP) is 3.33. The van der Waals surface area contributed by atoms with E-state index in [9.17, 15) is 10.1 Å². The maximum absolute atomic E-state index is 10.9. The van der Waals surface area contributed by atoms with Crippen LogP contribution in [0, 0.1) is 17.0 Å². The predicted molar refractivity (Wildman–Crippen MR) is 83.2 cm³/mol. The summed E-state index contributed by atoms with van der Waals surface area (Å²) in [7, 11) is 0. The van der Waals surface area contributed by atoms with E-state index < -0.39 is 4.92 Å². The molecule has 0 aliphatic carbocycles. The van der Waals surface area contributed by atoms with Crippen LogP contribution in [-0.4, -0.2) is 24.7 Å². The Bertz CT molecular complexity index is 1030. The van der Waals surface area contributed by atoms with Crippen LogP contribution in [0.4, 0.5) is 5.69 Å². The van der Waals surface area contributed by atoms with E-state index in [1.165, 1.54) is 23.5 Å². The van der Waals surface area contributed by atoms with Gasteiger partial charge in [0, 0.05) is 17.7 Å². The molecule has 0 bridgehead atoms. The Balaban J connectivity index is 1.73. The second kappa shape index (κ2) is 4.99. The molecule has 0 atom stereocenters. The summed E-state index contributed by atoms with van der Waals surface area (Å²) in [6, 6.07) is 9.86. The number of benzene rings is 1. The Labute approximate surface area is 133 Å². The minimum Gasteiger partial charge on any atom is -0.453 e. The molecule has 4 aromatic rings. The minimum atomic E-state index is -0.432. The van der Waals surface area contributed by atoms with Crippen molar-refractivity contribution in [3.8, 4) is 22.1 Å². The van der Waals surface area contributed by atoms with Crippen molar-refractivity contribution in [2.24, 2.45) is 0 Å². The fourth-order valence-corrected chi connectivity index (χ4v) is 3.04. The van der Waals surface area contributed by atoms with Crippen LogP contribution in [0.5, 0.6) is 0 Å². The Kier molecular flexibility index (Phi) is 2.95. The first-order chi connectivity index (χ1) is 11.1. The summed E-state index contributed by atoms with van der Waals surface area (Å²) >= 11 is 1.36. The third-order valence-corrected chi connectivity index (χ3v) is 4.22. The third kappa shape index (κ3) is 2.27. The largest absolute Gasteiger partial charge is 0.453 e. The highest BCUT2D eigenvalue weighted by Crippen LogP contribution is 2.32. The van der Waals surface area contributed by atoms with Gasteiger partial charge in [-0.15, -0.1) is 15.3 Å². The second-order valence-corrected chi connectivity index (χ2v) is 5.78. The van der Waals surface area contributed by atoms with Gasteiger partial charge in [-0.1, -0.05) is 23.5 Å². The van der Waals surface area contributed by atoms with Gasteiger partial charge in [0.25, 0.3) is 5.69 Å². The first-order valence-electron chi connectivity index (χ1n) is 6.66. The molecular formula is C14H9N5O3S. The topological polar surface area (TPSA) is 99.4 Å². The van der Waals surface area contributed by atoms with Crippen LogP contribution in [0.25, 0.3) is 27.1 Å². The summed E-state index contributed by atoms with van der Waals surface area (Å²) in [6.07, 6.45) is 0. The normalized spacial score (nSPS) is 11.2. The SMILES string of the molecule is Cc1nnc2sc(-c3ccc(-c4cccc([N+](=O)[O-])c4)o3)nn12. The number of non-ortho nitro benzene ring substituents is 1. The molecular weight excluding hydrogens is 318 g/mol. The van der Waals surface area contributed by atoms with Gasteiger partial charge in [0.1, 0.15) is 5.76 Å². The fourth-order valence-electron chi connectivity index (χ4n) is 2.20. The molecule has 0 N–H and O–H groups in total. The minimum absolute atomic E-state index is 0.0230. The van der Waals surface area contributed by atoms with Gasteiger partial charge in [-0.3, -0.25) is 10.1 Å². The van der Waals surface area contributed by atoms with E-state index in [1.807, 2.05) is 6.92 Å². The molecule has 3 heterocycles. The molecule has 0 aliphatic heterocycles. The van der Waals surface area contributed by atoms with Gasteiger partial charge in [0.05, 0.1) is 4.92 Å². The van der Waals surface area contributed by atoms with E-state index >= 15 is 0 Å². The van der Waals surface area contributed by atoms with Crippen molar-refractivity contribution in [3.63, 3.8) is 0 Å². The first-order valence-corrected chi connectivity index (χ1v) is 7.47. The lowest BCUT2D eigenvalue weighted by atomic mass is 10.1. The van der Waals surface area contributed by atoms with Gasteiger partial charge in [0.15, 0.2) is 16.6 Å². The van der Waals surface area contributed by atoms with Gasteiger partial charge in [-0.05, 0) is 19.1 Å². The number of hydrogen-bond donors (Lipinski definition) is 0. The number of aryl methyl sites for hydroxylation is 1. The zero-order valence-corrected chi connectivity index (χ0v) is 12.6. The zero-order valence-electron chi connectivity index (χ0n) is 11.8. The summed E-state index contributed by atoms with van der Waals surface area (Å²) in [5, 5.41) is 23.9. The first kappa shape index (κ1) is 13.6. The average molecular weight is 327 g/mol. The number of hydrogen-bond acceptors (Lipinski definition) is 7. The van der Waals surface area contributed by atoms with Crippen LogP contribution in [0.2, 0.25) is 0 Å². The van der Waals surface area contributed by atoms with Crippen molar-refractivity contribution in [3.05, 3.63) is 52.3 Å². The highest BCUT2D eigenvalue weighted by molar-refractivity contribution is 7.19. The van der Waals surface area contributed by atoms with Gasteiger partial charge in [0.2, 0.25) is 4.96 Å². The lowest BCUT2D eigenvalue weighted by Gasteiger charge is -1.97. The number of aromatic nitrogens is 4. The summed E-state index contributed by atoms with van der Waals surface area (Å²) in [4.78, 5) is 11.1. The maximum atomic E-state index is 10.9.